The third-order valence-corrected chi connectivity index (χ3v) is 3.63. The first-order chi connectivity index (χ1) is 13.0. The van der Waals surface area contributed by atoms with Crippen LogP contribution in [0.3, 0.4) is 0 Å². The van der Waals surface area contributed by atoms with Crippen molar-refractivity contribution in [3.63, 3.8) is 0 Å². The lowest BCUT2D eigenvalue weighted by molar-refractivity contribution is 0.0953. The fourth-order valence-electron chi connectivity index (χ4n) is 2.13. The molecule has 0 aliphatic rings. The molecule has 0 aliphatic carbocycles. The summed E-state index contributed by atoms with van der Waals surface area (Å²) in [5, 5.41) is 5.72. The second-order valence-electron chi connectivity index (χ2n) is 5.73. The zero-order chi connectivity index (χ0) is 19.6. The molecule has 0 atom stereocenters. The van der Waals surface area contributed by atoms with E-state index < -0.39 is 5.91 Å². The number of aromatic nitrogens is 2. The lowest BCUT2D eigenvalue weighted by Gasteiger charge is -2.13. The summed E-state index contributed by atoms with van der Waals surface area (Å²) >= 11 is 0. The van der Waals surface area contributed by atoms with E-state index in [2.05, 4.69) is 32.2 Å². The van der Waals surface area contributed by atoms with E-state index in [-0.39, 0.29) is 18.1 Å². The second kappa shape index (κ2) is 10.0. The molecule has 27 heavy (non-hydrogen) atoms. The zero-order valence-electron chi connectivity index (χ0n) is 15.5. The van der Waals surface area contributed by atoms with Crippen molar-refractivity contribution in [1.82, 2.24) is 20.6 Å². The Morgan fingerprint density at radius 3 is 2.74 bits per heavy atom. The standard InChI is InChI=1S/C19H24N6O2/c1-13-6-4-5-7-15(13)25-19(27-11-10-21-3)14(2)12-24-18(26)16-17(20)23-9-8-22-16/h4-9,21H,2,10-12H2,1,3H3,(H2,20,23)(H,24,26). The van der Waals surface area contributed by atoms with Crippen LogP contribution < -0.4 is 16.4 Å². The Bertz CT molecular complexity index is 834. The number of amides is 1. The predicted molar refractivity (Wildman–Crippen MR) is 106 cm³/mol. The Labute approximate surface area is 158 Å². The number of nitrogens with two attached hydrogens (primary N) is 1. The minimum atomic E-state index is -0.438. The molecule has 0 saturated carbocycles. The minimum Gasteiger partial charge on any atom is -0.476 e. The molecule has 142 valence electrons. The van der Waals surface area contributed by atoms with Crippen molar-refractivity contribution in [3.05, 3.63) is 60.1 Å². The lowest BCUT2D eigenvalue weighted by atomic mass is 10.2. The number of nitrogen functional groups attached to an aromatic ring is 1. The number of aliphatic imine (C=N–C) groups is 1. The van der Waals surface area contributed by atoms with E-state index in [1.165, 1.54) is 12.4 Å². The fraction of sp³-hybridized carbons (Fsp3) is 0.263. The topological polar surface area (TPSA) is 115 Å². The van der Waals surface area contributed by atoms with Gasteiger partial charge in [-0.15, -0.1) is 0 Å². The van der Waals surface area contributed by atoms with Crippen LogP contribution in [-0.2, 0) is 4.74 Å². The Balaban J connectivity index is 2.10. The molecule has 0 spiro atoms. The van der Waals surface area contributed by atoms with Gasteiger partial charge in [-0.3, -0.25) is 4.79 Å². The Hall–Kier alpha value is -3.26. The normalized spacial score (nSPS) is 11.1. The molecule has 0 bridgehead atoms. The van der Waals surface area contributed by atoms with Crippen LogP contribution in [0.1, 0.15) is 16.1 Å². The van der Waals surface area contributed by atoms with Crippen molar-refractivity contribution >= 4 is 23.3 Å². The van der Waals surface area contributed by atoms with Gasteiger partial charge in [-0.25, -0.2) is 15.0 Å². The fourth-order valence-corrected chi connectivity index (χ4v) is 2.13. The van der Waals surface area contributed by atoms with Crippen molar-refractivity contribution in [1.29, 1.82) is 0 Å². The maximum Gasteiger partial charge on any atom is 0.273 e. The molecular formula is C19H24N6O2. The summed E-state index contributed by atoms with van der Waals surface area (Å²) in [7, 11) is 1.84. The Kier molecular flexibility index (Phi) is 7.45. The van der Waals surface area contributed by atoms with Gasteiger partial charge in [0.25, 0.3) is 5.91 Å². The van der Waals surface area contributed by atoms with Crippen LogP contribution in [-0.4, -0.2) is 48.5 Å². The molecule has 0 fully saturated rings. The number of hydrogen-bond donors (Lipinski definition) is 3. The maximum atomic E-state index is 12.2. The smallest absolute Gasteiger partial charge is 0.273 e. The third kappa shape index (κ3) is 5.89. The Morgan fingerprint density at radius 2 is 2.04 bits per heavy atom. The highest BCUT2D eigenvalue weighted by molar-refractivity contribution is 5.99. The number of nitrogens with zero attached hydrogens (tertiary/aromatic N) is 3. The van der Waals surface area contributed by atoms with Crippen molar-refractivity contribution < 1.29 is 9.53 Å². The first-order valence-corrected chi connectivity index (χ1v) is 8.47. The first kappa shape index (κ1) is 20.1. The molecule has 0 aliphatic heterocycles. The SMILES string of the molecule is C=C(CNC(=O)c1nccnc1N)C(=Nc1ccccc1C)OCCNC. The third-order valence-electron chi connectivity index (χ3n) is 3.63. The van der Waals surface area contributed by atoms with Crippen LogP contribution in [0.15, 0.2) is 53.8 Å². The van der Waals surface area contributed by atoms with Crippen LogP contribution in [0, 0.1) is 6.92 Å². The summed E-state index contributed by atoms with van der Waals surface area (Å²) in [4.78, 5) is 24.6. The van der Waals surface area contributed by atoms with E-state index in [9.17, 15) is 4.79 Å². The molecule has 0 radical (unpaired) electrons. The van der Waals surface area contributed by atoms with E-state index in [1.54, 1.807) is 0 Å². The second-order valence-corrected chi connectivity index (χ2v) is 5.73. The number of ether oxygens (including phenoxy) is 1. The van der Waals surface area contributed by atoms with Gasteiger partial charge in [0.2, 0.25) is 5.90 Å². The molecule has 1 heterocycles. The lowest BCUT2D eigenvalue weighted by Crippen LogP contribution is -2.30. The minimum absolute atomic E-state index is 0.0683. The quantitative estimate of drug-likeness (QED) is 0.371. The monoisotopic (exact) mass is 368 g/mol. The number of benzene rings is 1. The van der Waals surface area contributed by atoms with Crippen LogP contribution >= 0.6 is 0 Å². The molecule has 1 aromatic heterocycles. The van der Waals surface area contributed by atoms with Crippen molar-refractivity contribution in [2.24, 2.45) is 4.99 Å². The van der Waals surface area contributed by atoms with E-state index in [1.807, 2.05) is 38.2 Å². The number of rotatable bonds is 8. The number of hydrogen-bond acceptors (Lipinski definition) is 7. The van der Waals surface area contributed by atoms with Crippen LogP contribution in [0.5, 0.6) is 0 Å². The number of nitrogens with one attached hydrogen (secondary N) is 2. The Morgan fingerprint density at radius 1 is 1.30 bits per heavy atom. The summed E-state index contributed by atoms with van der Waals surface area (Å²) in [6, 6.07) is 7.70. The molecule has 2 rings (SSSR count). The van der Waals surface area contributed by atoms with Gasteiger partial charge in [-0.2, -0.15) is 0 Å². The largest absolute Gasteiger partial charge is 0.476 e. The van der Waals surface area contributed by atoms with Gasteiger partial charge in [-0.1, -0.05) is 24.8 Å². The van der Waals surface area contributed by atoms with Crippen molar-refractivity contribution in [3.8, 4) is 0 Å². The van der Waals surface area contributed by atoms with Crippen molar-refractivity contribution in [2.75, 3.05) is 32.5 Å². The highest BCUT2D eigenvalue weighted by Gasteiger charge is 2.14. The highest BCUT2D eigenvalue weighted by atomic mass is 16.5. The number of para-hydroxylation sites is 1. The van der Waals surface area contributed by atoms with Gasteiger partial charge >= 0.3 is 0 Å². The number of aryl methyl sites for hydroxylation is 1. The van der Waals surface area contributed by atoms with E-state index in [4.69, 9.17) is 10.5 Å². The summed E-state index contributed by atoms with van der Waals surface area (Å²) in [6.07, 6.45) is 2.83. The van der Waals surface area contributed by atoms with E-state index in [0.717, 1.165) is 11.3 Å². The van der Waals surface area contributed by atoms with Crippen LogP contribution in [0.4, 0.5) is 11.5 Å². The molecule has 4 N–H and O–H groups in total. The average Bonchev–Trinajstić information content (AvgIpc) is 2.67. The summed E-state index contributed by atoms with van der Waals surface area (Å²) < 4.78 is 5.75. The summed E-state index contributed by atoms with van der Waals surface area (Å²) in [6.45, 7) is 7.17. The summed E-state index contributed by atoms with van der Waals surface area (Å²) in [5.74, 6) is -0.00105. The average molecular weight is 368 g/mol. The van der Waals surface area contributed by atoms with Gasteiger partial charge in [0.15, 0.2) is 11.5 Å². The molecule has 8 nitrogen and oxygen atoms in total. The number of carbonyl (C=O) groups excluding carboxylic acids is 1. The molecule has 0 unspecified atom stereocenters. The number of carbonyl (C=O) groups is 1. The van der Waals surface area contributed by atoms with Gasteiger partial charge in [0.05, 0.1) is 5.69 Å². The van der Waals surface area contributed by atoms with Gasteiger partial charge in [-0.05, 0) is 25.6 Å². The molecule has 1 aromatic carbocycles. The highest BCUT2D eigenvalue weighted by Crippen LogP contribution is 2.19. The predicted octanol–water partition coefficient (Wildman–Crippen LogP) is 1.62. The van der Waals surface area contributed by atoms with E-state index in [0.29, 0.717) is 24.6 Å². The van der Waals surface area contributed by atoms with Crippen molar-refractivity contribution in [2.45, 2.75) is 6.92 Å². The number of anilines is 1. The van der Waals surface area contributed by atoms with E-state index >= 15 is 0 Å². The molecule has 8 heteroatoms. The molecule has 2 aromatic rings. The molecular weight excluding hydrogens is 344 g/mol. The molecule has 1 amide bonds. The maximum absolute atomic E-state index is 12.2. The summed E-state index contributed by atoms with van der Waals surface area (Å²) in [5.41, 5.74) is 8.07. The van der Waals surface area contributed by atoms with Gasteiger partial charge < -0.3 is 21.1 Å². The van der Waals surface area contributed by atoms with Gasteiger partial charge in [0.1, 0.15) is 6.61 Å². The molecule has 0 saturated heterocycles. The zero-order valence-corrected chi connectivity index (χ0v) is 15.5. The number of likely N-dealkylation sites (N-methyl/N-ethyl adjacent to an activating group) is 1. The first-order valence-electron chi connectivity index (χ1n) is 8.47. The van der Waals surface area contributed by atoms with Gasteiger partial charge in [0, 0.05) is 31.1 Å². The van der Waals surface area contributed by atoms with Crippen LogP contribution in [0.2, 0.25) is 0 Å². The van der Waals surface area contributed by atoms with Crippen LogP contribution in [0.25, 0.3) is 0 Å².